The van der Waals surface area contributed by atoms with E-state index in [1.807, 2.05) is 20.2 Å². The summed E-state index contributed by atoms with van der Waals surface area (Å²) in [4.78, 5) is 0. The first kappa shape index (κ1) is 13.4. The van der Waals surface area contributed by atoms with Gasteiger partial charge in [-0.15, -0.1) is 0 Å². The standard InChI is InChI=1S/C12H19N5O2/c1-9-11(12(19-3)16(2)15-9)7-13-10-6-14-17(8-10)4-5-18/h6,8,13,18H,4-5,7H2,1-3H3. The molecule has 0 amide bonds. The first-order valence-electron chi connectivity index (χ1n) is 6.09. The summed E-state index contributed by atoms with van der Waals surface area (Å²) in [6.07, 6.45) is 3.59. The Morgan fingerprint density at radius 1 is 1.47 bits per heavy atom. The second-order valence-electron chi connectivity index (χ2n) is 4.27. The van der Waals surface area contributed by atoms with Crippen LogP contribution in [0.3, 0.4) is 0 Å². The molecule has 0 atom stereocenters. The van der Waals surface area contributed by atoms with Crippen LogP contribution < -0.4 is 10.1 Å². The van der Waals surface area contributed by atoms with Crippen molar-refractivity contribution >= 4 is 5.69 Å². The third kappa shape index (κ3) is 2.87. The van der Waals surface area contributed by atoms with Gasteiger partial charge < -0.3 is 15.2 Å². The topological polar surface area (TPSA) is 77.1 Å². The van der Waals surface area contributed by atoms with Gasteiger partial charge in [0.2, 0.25) is 5.88 Å². The lowest BCUT2D eigenvalue weighted by Crippen LogP contribution is -2.03. The molecule has 0 aromatic carbocycles. The van der Waals surface area contributed by atoms with Crippen molar-refractivity contribution < 1.29 is 9.84 Å². The first-order valence-corrected chi connectivity index (χ1v) is 6.09. The predicted octanol–water partition coefficient (Wildman–Crippen LogP) is 0.538. The quantitative estimate of drug-likeness (QED) is 0.797. The molecule has 7 heteroatoms. The summed E-state index contributed by atoms with van der Waals surface area (Å²) >= 11 is 0. The Morgan fingerprint density at radius 2 is 2.26 bits per heavy atom. The van der Waals surface area contributed by atoms with Crippen LogP contribution in [0.4, 0.5) is 5.69 Å². The molecule has 0 fully saturated rings. The zero-order valence-corrected chi connectivity index (χ0v) is 11.4. The van der Waals surface area contributed by atoms with Crippen molar-refractivity contribution in [2.45, 2.75) is 20.0 Å². The third-order valence-corrected chi connectivity index (χ3v) is 2.91. The average Bonchev–Trinajstić information content (AvgIpc) is 2.92. The number of aliphatic hydroxyl groups is 1. The summed E-state index contributed by atoms with van der Waals surface area (Å²) < 4.78 is 8.75. The Bertz CT molecular complexity index is 546. The average molecular weight is 265 g/mol. The van der Waals surface area contributed by atoms with Gasteiger partial charge in [0, 0.05) is 19.8 Å². The molecule has 0 aliphatic heterocycles. The maximum atomic E-state index is 8.84. The van der Waals surface area contributed by atoms with E-state index >= 15 is 0 Å². The number of ether oxygens (including phenoxy) is 1. The van der Waals surface area contributed by atoms with Crippen LogP contribution in [0.15, 0.2) is 12.4 Å². The van der Waals surface area contributed by atoms with Gasteiger partial charge in [0.25, 0.3) is 0 Å². The highest BCUT2D eigenvalue weighted by Gasteiger charge is 2.13. The largest absolute Gasteiger partial charge is 0.481 e. The fourth-order valence-electron chi connectivity index (χ4n) is 2.01. The van der Waals surface area contributed by atoms with E-state index in [-0.39, 0.29) is 6.61 Å². The van der Waals surface area contributed by atoms with Crippen molar-refractivity contribution in [1.82, 2.24) is 19.6 Å². The van der Waals surface area contributed by atoms with Crippen molar-refractivity contribution in [3.05, 3.63) is 23.7 Å². The summed E-state index contributed by atoms with van der Waals surface area (Å²) in [5, 5.41) is 20.6. The molecule has 0 unspecified atom stereocenters. The van der Waals surface area contributed by atoms with Gasteiger partial charge >= 0.3 is 0 Å². The molecule has 0 radical (unpaired) electrons. The monoisotopic (exact) mass is 265 g/mol. The Balaban J connectivity index is 2.05. The Kier molecular flexibility index (Phi) is 4.06. The number of hydrogen-bond donors (Lipinski definition) is 2. The Hall–Kier alpha value is -2.02. The molecule has 0 bridgehead atoms. The maximum Gasteiger partial charge on any atom is 0.216 e. The second-order valence-corrected chi connectivity index (χ2v) is 4.27. The van der Waals surface area contributed by atoms with E-state index in [2.05, 4.69) is 15.5 Å². The number of aromatic nitrogens is 4. The number of rotatable bonds is 6. The van der Waals surface area contributed by atoms with E-state index in [9.17, 15) is 0 Å². The van der Waals surface area contributed by atoms with Crippen molar-refractivity contribution in [3.63, 3.8) is 0 Å². The molecule has 2 N–H and O–H groups in total. The molecule has 2 aromatic heterocycles. The highest BCUT2D eigenvalue weighted by atomic mass is 16.5. The zero-order valence-electron chi connectivity index (χ0n) is 11.4. The van der Waals surface area contributed by atoms with E-state index < -0.39 is 0 Å². The summed E-state index contributed by atoms with van der Waals surface area (Å²) in [7, 11) is 3.49. The molecule has 104 valence electrons. The second kappa shape index (κ2) is 5.75. The molecule has 0 saturated carbocycles. The minimum Gasteiger partial charge on any atom is -0.481 e. The lowest BCUT2D eigenvalue weighted by Gasteiger charge is -2.06. The summed E-state index contributed by atoms with van der Waals surface area (Å²) in [5.41, 5.74) is 2.87. The van der Waals surface area contributed by atoms with E-state index in [0.717, 1.165) is 22.8 Å². The Labute approximate surface area is 111 Å². The van der Waals surface area contributed by atoms with Crippen molar-refractivity contribution in [2.24, 2.45) is 7.05 Å². The number of methoxy groups -OCH3 is 1. The van der Waals surface area contributed by atoms with Crippen LogP contribution in [0.5, 0.6) is 5.88 Å². The number of aryl methyl sites for hydroxylation is 2. The number of nitrogens with zero attached hydrogens (tertiary/aromatic N) is 4. The number of anilines is 1. The molecule has 2 aromatic rings. The van der Waals surface area contributed by atoms with Gasteiger partial charge in [-0.1, -0.05) is 0 Å². The number of aliphatic hydroxyl groups excluding tert-OH is 1. The fourth-order valence-corrected chi connectivity index (χ4v) is 2.01. The summed E-state index contributed by atoms with van der Waals surface area (Å²) in [6.45, 7) is 3.15. The third-order valence-electron chi connectivity index (χ3n) is 2.91. The number of hydrogen-bond acceptors (Lipinski definition) is 5. The van der Waals surface area contributed by atoms with Gasteiger partial charge in [0.15, 0.2) is 0 Å². The van der Waals surface area contributed by atoms with Gasteiger partial charge in [0.1, 0.15) is 0 Å². The minimum atomic E-state index is 0.0800. The molecule has 2 rings (SSSR count). The van der Waals surface area contributed by atoms with Crippen molar-refractivity contribution in [1.29, 1.82) is 0 Å². The van der Waals surface area contributed by atoms with Crippen LogP contribution in [0, 0.1) is 6.92 Å². The molecule has 2 heterocycles. The van der Waals surface area contributed by atoms with E-state index in [0.29, 0.717) is 13.1 Å². The van der Waals surface area contributed by atoms with Gasteiger partial charge in [-0.3, -0.25) is 4.68 Å². The lowest BCUT2D eigenvalue weighted by atomic mass is 10.2. The maximum absolute atomic E-state index is 8.84. The minimum absolute atomic E-state index is 0.0800. The molecule has 7 nitrogen and oxygen atoms in total. The highest BCUT2D eigenvalue weighted by Crippen LogP contribution is 2.22. The van der Waals surface area contributed by atoms with Crippen molar-refractivity contribution in [3.8, 4) is 5.88 Å². The van der Waals surface area contributed by atoms with Crippen molar-refractivity contribution in [2.75, 3.05) is 19.0 Å². The van der Waals surface area contributed by atoms with Gasteiger partial charge in [-0.05, 0) is 6.92 Å². The molecule has 0 saturated heterocycles. The fraction of sp³-hybridized carbons (Fsp3) is 0.500. The lowest BCUT2D eigenvalue weighted by molar-refractivity contribution is 0.269. The van der Waals surface area contributed by atoms with Gasteiger partial charge in [0.05, 0.1) is 43.4 Å². The molecule has 0 spiro atoms. The predicted molar refractivity (Wildman–Crippen MR) is 71.1 cm³/mol. The van der Waals surface area contributed by atoms with Crippen LogP contribution in [0.25, 0.3) is 0 Å². The van der Waals surface area contributed by atoms with E-state index in [4.69, 9.17) is 9.84 Å². The normalized spacial score (nSPS) is 10.7. The molecule has 0 aliphatic rings. The SMILES string of the molecule is COc1c(CNc2cnn(CCO)c2)c(C)nn1C. The summed E-state index contributed by atoms with van der Waals surface area (Å²) in [6, 6.07) is 0. The van der Waals surface area contributed by atoms with Crippen LogP contribution in [0.2, 0.25) is 0 Å². The smallest absolute Gasteiger partial charge is 0.216 e. The van der Waals surface area contributed by atoms with Crippen LogP contribution >= 0.6 is 0 Å². The Morgan fingerprint density at radius 3 is 2.95 bits per heavy atom. The van der Waals surface area contributed by atoms with Gasteiger partial charge in [-0.25, -0.2) is 4.68 Å². The highest BCUT2D eigenvalue weighted by molar-refractivity contribution is 5.41. The molecular formula is C12H19N5O2. The molecule has 0 aliphatic carbocycles. The first-order chi connectivity index (χ1) is 9.15. The molecule has 19 heavy (non-hydrogen) atoms. The zero-order chi connectivity index (χ0) is 13.8. The van der Waals surface area contributed by atoms with Crippen LogP contribution in [0.1, 0.15) is 11.3 Å². The van der Waals surface area contributed by atoms with Crippen LogP contribution in [-0.4, -0.2) is 38.4 Å². The number of nitrogens with one attached hydrogen (secondary N) is 1. The summed E-state index contributed by atoms with van der Waals surface area (Å²) in [5.74, 6) is 0.757. The van der Waals surface area contributed by atoms with Gasteiger partial charge in [-0.2, -0.15) is 10.2 Å². The van der Waals surface area contributed by atoms with E-state index in [1.54, 1.807) is 22.7 Å². The molecular weight excluding hydrogens is 246 g/mol. The van der Waals surface area contributed by atoms with E-state index in [1.165, 1.54) is 0 Å². The van der Waals surface area contributed by atoms with Crippen LogP contribution in [-0.2, 0) is 20.1 Å².